The van der Waals surface area contributed by atoms with Crippen molar-refractivity contribution in [1.29, 1.82) is 0 Å². The van der Waals surface area contributed by atoms with Crippen molar-refractivity contribution in [2.24, 2.45) is 0 Å². The summed E-state index contributed by atoms with van der Waals surface area (Å²) in [6.07, 6.45) is 0.797. The Balaban J connectivity index is 1.60. The minimum atomic E-state index is 0.241. The Morgan fingerprint density at radius 3 is 2.48 bits per heavy atom. The molecule has 0 aliphatic rings. The van der Waals surface area contributed by atoms with E-state index in [1.165, 1.54) is 0 Å². The number of carbonyl (C=O) groups is 1. The van der Waals surface area contributed by atoms with Gasteiger partial charge in [0.25, 0.3) is 0 Å². The molecule has 4 rings (SSSR count). The number of ether oxygens (including phenoxy) is 3. The molecule has 6 heteroatoms. The first-order chi connectivity index (χ1) is 14.2. The number of aldehydes is 1. The highest BCUT2D eigenvalue weighted by molar-refractivity contribution is 5.79. The van der Waals surface area contributed by atoms with Crippen LogP contribution in [0.3, 0.4) is 0 Å². The second-order valence-corrected chi connectivity index (χ2v) is 6.45. The van der Waals surface area contributed by atoms with Gasteiger partial charge in [0.2, 0.25) is 0 Å². The SMILES string of the molecule is COc1ccc(C=O)cc1COc1ccc(-c2nc3ccccc3[nH]2)cc1OC. The molecule has 1 heterocycles. The van der Waals surface area contributed by atoms with Crippen molar-refractivity contribution in [3.63, 3.8) is 0 Å². The first-order valence-corrected chi connectivity index (χ1v) is 9.10. The average Bonchev–Trinajstić information content (AvgIpc) is 3.21. The number of H-pyrrole nitrogens is 1. The molecule has 0 amide bonds. The zero-order valence-corrected chi connectivity index (χ0v) is 16.1. The summed E-state index contributed by atoms with van der Waals surface area (Å²) in [5, 5.41) is 0. The summed E-state index contributed by atoms with van der Waals surface area (Å²) < 4.78 is 16.8. The van der Waals surface area contributed by atoms with Crippen LogP contribution >= 0.6 is 0 Å². The molecule has 0 radical (unpaired) electrons. The molecule has 0 saturated heterocycles. The van der Waals surface area contributed by atoms with Gasteiger partial charge in [-0.25, -0.2) is 4.98 Å². The van der Waals surface area contributed by atoms with Gasteiger partial charge in [-0.2, -0.15) is 0 Å². The summed E-state index contributed by atoms with van der Waals surface area (Å²) in [6.45, 7) is 0.241. The van der Waals surface area contributed by atoms with Gasteiger partial charge in [0.1, 0.15) is 24.5 Å². The maximum absolute atomic E-state index is 11.1. The number of para-hydroxylation sites is 2. The Morgan fingerprint density at radius 1 is 0.931 bits per heavy atom. The number of benzene rings is 3. The molecule has 1 N–H and O–H groups in total. The summed E-state index contributed by atoms with van der Waals surface area (Å²) in [5.41, 5.74) is 4.12. The number of imidazole rings is 1. The van der Waals surface area contributed by atoms with Gasteiger partial charge >= 0.3 is 0 Å². The van der Waals surface area contributed by atoms with Gasteiger partial charge in [0, 0.05) is 16.7 Å². The van der Waals surface area contributed by atoms with Crippen LogP contribution in [0.1, 0.15) is 15.9 Å². The number of nitrogens with one attached hydrogen (secondary N) is 1. The van der Waals surface area contributed by atoms with Gasteiger partial charge in [-0.1, -0.05) is 12.1 Å². The lowest BCUT2D eigenvalue weighted by Gasteiger charge is -2.14. The highest BCUT2D eigenvalue weighted by atomic mass is 16.5. The van der Waals surface area contributed by atoms with Crippen molar-refractivity contribution < 1.29 is 19.0 Å². The highest BCUT2D eigenvalue weighted by Gasteiger charge is 2.12. The van der Waals surface area contributed by atoms with Crippen molar-refractivity contribution in [3.05, 3.63) is 71.8 Å². The van der Waals surface area contributed by atoms with E-state index < -0.39 is 0 Å². The molecule has 3 aromatic carbocycles. The molecule has 0 fully saturated rings. The highest BCUT2D eigenvalue weighted by Crippen LogP contribution is 2.33. The van der Waals surface area contributed by atoms with Crippen molar-refractivity contribution >= 4 is 17.3 Å². The first kappa shape index (κ1) is 18.6. The quantitative estimate of drug-likeness (QED) is 0.467. The number of hydrogen-bond donors (Lipinski definition) is 1. The van der Waals surface area contributed by atoms with Crippen LogP contribution in [-0.4, -0.2) is 30.5 Å². The Kier molecular flexibility index (Phi) is 5.16. The van der Waals surface area contributed by atoms with E-state index in [-0.39, 0.29) is 6.61 Å². The Hall–Kier alpha value is -3.80. The molecular weight excluding hydrogens is 368 g/mol. The molecule has 146 valence electrons. The van der Waals surface area contributed by atoms with Gasteiger partial charge in [-0.05, 0) is 48.5 Å². The number of aromatic nitrogens is 2. The van der Waals surface area contributed by atoms with Crippen molar-refractivity contribution in [2.45, 2.75) is 6.61 Å². The van der Waals surface area contributed by atoms with Gasteiger partial charge in [0.05, 0.1) is 25.3 Å². The van der Waals surface area contributed by atoms with E-state index >= 15 is 0 Å². The van der Waals surface area contributed by atoms with Gasteiger partial charge in [-0.15, -0.1) is 0 Å². The molecule has 0 bridgehead atoms. The second kappa shape index (κ2) is 8.06. The summed E-state index contributed by atoms with van der Waals surface area (Å²) in [5.74, 6) is 2.60. The molecule has 0 aliphatic heterocycles. The summed E-state index contributed by atoms with van der Waals surface area (Å²) in [7, 11) is 3.18. The van der Waals surface area contributed by atoms with Gasteiger partial charge in [-0.3, -0.25) is 4.79 Å². The smallest absolute Gasteiger partial charge is 0.161 e. The molecular formula is C23H20N2O4. The lowest BCUT2D eigenvalue weighted by molar-refractivity contribution is 0.112. The lowest BCUT2D eigenvalue weighted by atomic mass is 10.1. The number of nitrogens with zero attached hydrogens (tertiary/aromatic N) is 1. The Labute approximate surface area is 168 Å². The predicted octanol–water partition coefficient (Wildman–Crippen LogP) is 4.64. The number of carbonyl (C=O) groups excluding carboxylic acids is 1. The van der Waals surface area contributed by atoms with E-state index in [1.54, 1.807) is 32.4 Å². The third kappa shape index (κ3) is 3.78. The predicted molar refractivity (Wildman–Crippen MR) is 111 cm³/mol. The fourth-order valence-electron chi connectivity index (χ4n) is 3.16. The van der Waals surface area contributed by atoms with E-state index in [2.05, 4.69) is 9.97 Å². The maximum Gasteiger partial charge on any atom is 0.161 e. The average molecular weight is 388 g/mol. The van der Waals surface area contributed by atoms with Crippen LogP contribution in [0.4, 0.5) is 0 Å². The summed E-state index contributed by atoms with van der Waals surface area (Å²) in [4.78, 5) is 19.0. The molecule has 6 nitrogen and oxygen atoms in total. The van der Waals surface area contributed by atoms with E-state index in [1.807, 2.05) is 42.5 Å². The first-order valence-electron chi connectivity index (χ1n) is 9.10. The molecule has 29 heavy (non-hydrogen) atoms. The van der Waals surface area contributed by atoms with Crippen molar-refractivity contribution in [1.82, 2.24) is 9.97 Å². The van der Waals surface area contributed by atoms with Crippen LogP contribution in [0.5, 0.6) is 17.2 Å². The monoisotopic (exact) mass is 388 g/mol. The summed E-state index contributed by atoms with van der Waals surface area (Å²) in [6, 6.07) is 18.7. The van der Waals surface area contributed by atoms with Crippen LogP contribution in [0.25, 0.3) is 22.4 Å². The number of hydrogen-bond acceptors (Lipinski definition) is 5. The standard InChI is InChI=1S/C23H20N2O4/c1-27-20-9-7-15(13-26)11-17(20)14-29-21-10-8-16(12-22(21)28-2)23-24-18-5-3-4-6-19(18)25-23/h3-13H,14H2,1-2H3,(H,24,25). The lowest BCUT2D eigenvalue weighted by Crippen LogP contribution is -2.01. The van der Waals surface area contributed by atoms with Crippen LogP contribution < -0.4 is 14.2 Å². The minimum absolute atomic E-state index is 0.241. The number of rotatable bonds is 7. The second-order valence-electron chi connectivity index (χ2n) is 6.45. The van der Waals surface area contributed by atoms with Crippen LogP contribution in [0, 0.1) is 0 Å². The van der Waals surface area contributed by atoms with E-state index in [0.717, 1.165) is 34.3 Å². The summed E-state index contributed by atoms with van der Waals surface area (Å²) >= 11 is 0. The molecule has 0 saturated carbocycles. The fourth-order valence-corrected chi connectivity index (χ4v) is 3.16. The Bertz CT molecular complexity index is 1130. The van der Waals surface area contributed by atoms with Crippen LogP contribution in [0.2, 0.25) is 0 Å². The minimum Gasteiger partial charge on any atom is -0.496 e. The fraction of sp³-hybridized carbons (Fsp3) is 0.130. The van der Waals surface area contributed by atoms with Crippen LogP contribution in [-0.2, 0) is 6.61 Å². The maximum atomic E-state index is 11.1. The zero-order chi connectivity index (χ0) is 20.2. The molecule has 0 unspecified atom stereocenters. The normalized spacial score (nSPS) is 10.7. The number of fused-ring (bicyclic) bond motifs is 1. The van der Waals surface area contributed by atoms with E-state index in [9.17, 15) is 4.79 Å². The van der Waals surface area contributed by atoms with E-state index in [0.29, 0.717) is 22.8 Å². The largest absolute Gasteiger partial charge is 0.496 e. The van der Waals surface area contributed by atoms with Gasteiger partial charge < -0.3 is 19.2 Å². The van der Waals surface area contributed by atoms with Gasteiger partial charge in [0.15, 0.2) is 11.5 Å². The van der Waals surface area contributed by atoms with E-state index in [4.69, 9.17) is 14.2 Å². The molecule has 0 aliphatic carbocycles. The third-order valence-corrected chi connectivity index (χ3v) is 4.65. The topological polar surface area (TPSA) is 73.4 Å². The molecule has 1 aromatic heterocycles. The Morgan fingerprint density at radius 2 is 1.72 bits per heavy atom. The number of methoxy groups -OCH3 is 2. The van der Waals surface area contributed by atoms with Crippen molar-refractivity contribution in [3.8, 4) is 28.6 Å². The third-order valence-electron chi connectivity index (χ3n) is 4.65. The zero-order valence-electron chi connectivity index (χ0n) is 16.1. The van der Waals surface area contributed by atoms with Crippen LogP contribution in [0.15, 0.2) is 60.7 Å². The number of aromatic amines is 1. The van der Waals surface area contributed by atoms with Crippen molar-refractivity contribution in [2.75, 3.05) is 14.2 Å². The molecule has 0 atom stereocenters. The molecule has 4 aromatic rings. The molecule has 0 spiro atoms.